The van der Waals surface area contributed by atoms with E-state index in [4.69, 9.17) is 15.0 Å². The van der Waals surface area contributed by atoms with Crippen LogP contribution in [0.3, 0.4) is 0 Å². The summed E-state index contributed by atoms with van der Waals surface area (Å²) < 4.78 is 2.65. The van der Waals surface area contributed by atoms with E-state index in [9.17, 15) is 0 Å². The zero-order chi connectivity index (χ0) is 15.5. The average molecular weight is 405 g/mol. The Morgan fingerprint density at radius 3 is 3.05 bits per heavy atom. The molecule has 0 bridgehead atoms. The van der Waals surface area contributed by atoms with Gasteiger partial charge in [0.1, 0.15) is 0 Å². The molecule has 7 heteroatoms. The van der Waals surface area contributed by atoms with E-state index in [0.717, 1.165) is 27.3 Å². The van der Waals surface area contributed by atoms with Crippen LogP contribution in [0.25, 0.3) is 5.65 Å². The third-order valence-electron chi connectivity index (χ3n) is 3.28. The normalized spacial score (nSPS) is 15.0. The monoisotopic (exact) mass is 403 g/mol. The fourth-order valence-electron chi connectivity index (χ4n) is 2.04. The number of allylic oxidation sites excluding steroid dienone is 2. The first-order chi connectivity index (χ1) is 10.7. The fourth-order valence-corrected chi connectivity index (χ4v) is 2.58. The molecule has 2 aromatic rings. The summed E-state index contributed by atoms with van der Waals surface area (Å²) in [5.74, 6) is 1.73. The van der Waals surface area contributed by atoms with Gasteiger partial charge in [0, 0.05) is 0 Å². The van der Waals surface area contributed by atoms with Crippen LogP contribution in [-0.4, -0.2) is 32.2 Å². The van der Waals surface area contributed by atoms with Gasteiger partial charge in [0.15, 0.2) is 0 Å². The Bertz CT molecular complexity index is 748. The van der Waals surface area contributed by atoms with E-state index in [2.05, 4.69) is 43.2 Å². The third-order valence-corrected chi connectivity index (χ3v) is 4.21. The maximum atomic E-state index is 4.71. The third kappa shape index (κ3) is 3.47. The standard InChI is InChI=1S/C15H16BrN5.Ni/c1-3-4-10(2)8-17-14-7-13(19-11-5-6-11)20-15-12(16)9-18-21(14)15;/h2-4,7,9,11,17H,1,5-6,8H2,(H,19,20);/b10-4+;. The molecule has 0 saturated heterocycles. The van der Waals surface area contributed by atoms with Crippen molar-refractivity contribution in [1.82, 2.24) is 14.6 Å². The van der Waals surface area contributed by atoms with Crippen molar-refractivity contribution in [3.05, 3.63) is 41.0 Å². The number of rotatable bonds is 7. The number of hydrogen-bond donors (Lipinski definition) is 2. The van der Waals surface area contributed by atoms with Crippen molar-refractivity contribution < 1.29 is 15.0 Å². The Hall–Kier alpha value is -1.46. The van der Waals surface area contributed by atoms with E-state index in [-0.39, 0.29) is 0 Å². The molecule has 3 rings (SSSR count). The van der Waals surface area contributed by atoms with Gasteiger partial charge >= 0.3 is 145 Å². The van der Waals surface area contributed by atoms with Crippen LogP contribution in [0.1, 0.15) is 12.8 Å². The molecule has 22 heavy (non-hydrogen) atoms. The molecule has 1 saturated carbocycles. The summed E-state index contributed by atoms with van der Waals surface area (Å²) in [6.07, 6.45) is 7.79. The molecule has 1 fully saturated rings. The average Bonchev–Trinajstić information content (AvgIpc) is 3.25. The molecule has 0 unspecified atom stereocenters. The van der Waals surface area contributed by atoms with Crippen molar-refractivity contribution in [1.29, 1.82) is 0 Å². The van der Waals surface area contributed by atoms with Crippen LogP contribution in [-0.2, 0) is 15.0 Å². The molecule has 1 aliphatic carbocycles. The van der Waals surface area contributed by atoms with E-state index in [1.807, 2.05) is 12.1 Å². The van der Waals surface area contributed by atoms with Crippen molar-refractivity contribution in [2.45, 2.75) is 18.9 Å². The van der Waals surface area contributed by atoms with E-state index < -0.39 is 0 Å². The second-order valence-corrected chi connectivity index (χ2v) is 6.23. The molecule has 0 spiro atoms. The number of aromatic nitrogens is 3. The van der Waals surface area contributed by atoms with Gasteiger partial charge in [0.25, 0.3) is 0 Å². The van der Waals surface area contributed by atoms with Crippen LogP contribution in [0.15, 0.2) is 41.0 Å². The molecule has 2 aromatic heterocycles. The summed E-state index contributed by atoms with van der Waals surface area (Å²) >= 11 is 8.20. The summed E-state index contributed by atoms with van der Waals surface area (Å²) in [6.45, 7) is 4.32. The van der Waals surface area contributed by atoms with Gasteiger partial charge in [-0.15, -0.1) is 0 Å². The summed E-state index contributed by atoms with van der Waals surface area (Å²) in [5.41, 5.74) is 1.79. The number of halogens is 1. The Morgan fingerprint density at radius 1 is 1.55 bits per heavy atom. The quantitative estimate of drug-likeness (QED) is 0.550. The number of fused-ring (bicyclic) bond motifs is 1. The van der Waals surface area contributed by atoms with Crippen LogP contribution >= 0.6 is 15.9 Å². The fraction of sp³-hybridized carbons (Fsp3) is 0.267. The number of hydrogen-bond acceptors (Lipinski definition) is 4. The van der Waals surface area contributed by atoms with Crippen LogP contribution in [0.2, 0.25) is 0 Å². The molecule has 1 aliphatic rings. The van der Waals surface area contributed by atoms with E-state index in [0.29, 0.717) is 12.6 Å². The van der Waals surface area contributed by atoms with Crippen molar-refractivity contribution in [2.75, 3.05) is 17.2 Å². The summed E-state index contributed by atoms with van der Waals surface area (Å²) in [7, 11) is 0. The van der Waals surface area contributed by atoms with Gasteiger partial charge in [0.05, 0.1) is 0 Å². The Labute approximate surface area is 144 Å². The maximum absolute atomic E-state index is 4.71. The minimum absolute atomic E-state index is 0.545. The summed E-state index contributed by atoms with van der Waals surface area (Å²) in [6, 6.07) is 2.52. The molecule has 118 valence electrons. The predicted octanol–water partition coefficient (Wildman–Crippen LogP) is 2.94. The first kappa shape index (κ1) is 15.4. The van der Waals surface area contributed by atoms with Crippen LogP contribution < -0.4 is 10.6 Å². The Kier molecular flexibility index (Phi) is 4.74. The molecular formula is C15H16BrN5Ni. The molecule has 0 radical (unpaired) electrons. The molecule has 2 heterocycles. The zero-order valence-electron chi connectivity index (χ0n) is 11.8. The second kappa shape index (κ2) is 6.75. The van der Waals surface area contributed by atoms with Gasteiger partial charge in [-0.25, -0.2) is 0 Å². The minimum atomic E-state index is 0.545. The Morgan fingerprint density at radius 2 is 2.36 bits per heavy atom. The van der Waals surface area contributed by atoms with Gasteiger partial charge in [-0.3, -0.25) is 0 Å². The van der Waals surface area contributed by atoms with Crippen molar-refractivity contribution in [2.24, 2.45) is 0 Å². The van der Waals surface area contributed by atoms with Gasteiger partial charge in [-0.2, -0.15) is 0 Å². The number of nitrogens with one attached hydrogen (secondary N) is 2. The van der Waals surface area contributed by atoms with E-state index >= 15 is 0 Å². The first-order valence-electron chi connectivity index (χ1n) is 6.97. The molecule has 0 aromatic carbocycles. The molecule has 0 aliphatic heterocycles. The van der Waals surface area contributed by atoms with Crippen LogP contribution in [0, 0.1) is 0 Å². The predicted molar refractivity (Wildman–Crippen MR) is 90.2 cm³/mol. The number of nitrogens with zero attached hydrogens (tertiary/aromatic N) is 3. The molecular weight excluding hydrogens is 389 g/mol. The topological polar surface area (TPSA) is 54.2 Å². The van der Waals surface area contributed by atoms with Crippen LogP contribution in [0.5, 0.6) is 0 Å². The van der Waals surface area contributed by atoms with E-state index in [1.54, 1.807) is 21.8 Å². The first-order valence-corrected chi connectivity index (χ1v) is 8.33. The molecule has 2 N–H and O–H groups in total. The molecule has 5 nitrogen and oxygen atoms in total. The molecule has 0 atom stereocenters. The summed E-state index contributed by atoms with van der Waals surface area (Å²) in [5, 5.41) is 11.1. The SMILES string of the molecule is C=C/C=C(\[CH]=[Ni])CNc1cc(NC2CC2)nc2c(Br)cnn12. The van der Waals surface area contributed by atoms with Crippen LogP contribution in [0.4, 0.5) is 11.6 Å². The Balaban J connectivity index is 1.90. The van der Waals surface area contributed by atoms with Gasteiger partial charge in [-0.1, -0.05) is 0 Å². The van der Waals surface area contributed by atoms with E-state index in [1.165, 1.54) is 12.8 Å². The second-order valence-electron chi connectivity index (χ2n) is 5.10. The van der Waals surface area contributed by atoms with Crippen molar-refractivity contribution >= 4 is 38.2 Å². The van der Waals surface area contributed by atoms with Gasteiger partial charge in [-0.05, 0) is 0 Å². The molecule has 0 amide bonds. The van der Waals surface area contributed by atoms with Gasteiger partial charge < -0.3 is 0 Å². The van der Waals surface area contributed by atoms with Crippen molar-refractivity contribution in [3.63, 3.8) is 0 Å². The van der Waals surface area contributed by atoms with Gasteiger partial charge in [0.2, 0.25) is 0 Å². The zero-order valence-corrected chi connectivity index (χ0v) is 14.4. The number of anilines is 2. The summed E-state index contributed by atoms with van der Waals surface area (Å²) in [4.78, 5) is 6.29. The van der Waals surface area contributed by atoms with Crippen molar-refractivity contribution in [3.8, 4) is 0 Å².